The molecule has 43 heavy (non-hydrogen) atoms. The first-order valence-electron chi connectivity index (χ1n) is 14.7. The number of nitrogens with zero attached hydrogens (tertiary/aromatic N) is 3. The van der Waals surface area contributed by atoms with Gasteiger partial charge in [-0.1, -0.05) is 52.2 Å². The van der Waals surface area contributed by atoms with Crippen molar-refractivity contribution in [3.05, 3.63) is 11.6 Å². The highest BCUT2D eigenvalue weighted by molar-refractivity contribution is 6.35. The molecular formula is C31H56N6O6. The Labute approximate surface area is 258 Å². The molecule has 0 radical (unpaired) electrons. The van der Waals surface area contributed by atoms with Crippen molar-refractivity contribution < 1.29 is 29.7 Å². The van der Waals surface area contributed by atoms with Crippen LogP contribution in [0.25, 0.3) is 0 Å². The number of carboxylic acids is 3. The third-order valence-corrected chi connectivity index (χ3v) is 5.55. The van der Waals surface area contributed by atoms with E-state index in [4.69, 9.17) is 15.3 Å². The number of carbonyl (C=O) groups is 3. The molecule has 0 saturated heterocycles. The zero-order chi connectivity index (χ0) is 33.8. The molecule has 0 fully saturated rings. The molecule has 0 heterocycles. The summed E-state index contributed by atoms with van der Waals surface area (Å²) in [5, 5.41) is 36.4. The standard InChI is InChI=1S/C13H24N2O2.C11H22N2O2.C7H10N2O2/c1-10(2)6-5-7-11(3)8-9-14-15-12(4)13(16)17;1-8(2)7-9(3)5-6-12-13-10(4)11(14)15;1-3-4-5-8-9-6(2)7(10)11/h6,11,14H,5,7-9H2,1-4H3,(H,16,17);8-9,12H,5-7H2,1-4H3,(H,14,15);8H,3H2,1-2H3,(H,10,11). The van der Waals surface area contributed by atoms with Crippen molar-refractivity contribution in [1.82, 2.24) is 16.3 Å². The summed E-state index contributed by atoms with van der Waals surface area (Å²) in [7, 11) is 0. The van der Waals surface area contributed by atoms with E-state index in [9.17, 15) is 14.4 Å². The average molecular weight is 609 g/mol. The second-order valence-electron chi connectivity index (χ2n) is 10.9. The molecule has 0 amide bonds. The highest BCUT2D eigenvalue weighted by Gasteiger charge is 2.05. The van der Waals surface area contributed by atoms with Gasteiger partial charge in [-0.3, -0.25) is 0 Å². The average Bonchev–Trinajstić information content (AvgIpc) is 2.91. The first-order chi connectivity index (χ1) is 20.0. The largest absolute Gasteiger partial charge is 0.477 e. The summed E-state index contributed by atoms with van der Waals surface area (Å²) in [6.45, 7) is 20.7. The molecule has 12 heteroatoms. The maximum atomic E-state index is 10.5. The molecule has 2 unspecified atom stereocenters. The summed E-state index contributed by atoms with van der Waals surface area (Å²) in [6.07, 6.45) is 8.46. The number of hydrogen-bond acceptors (Lipinski definition) is 9. The third kappa shape index (κ3) is 34.2. The number of carboxylic acid groups (broad SMARTS) is 3. The summed E-state index contributed by atoms with van der Waals surface area (Å²) < 4.78 is 0. The van der Waals surface area contributed by atoms with Crippen LogP contribution in [0.1, 0.15) is 108 Å². The van der Waals surface area contributed by atoms with Gasteiger partial charge >= 0.3 is 17.9 Å². The molecule has 0 aliphatic heterocycles. The lowest BCUT2D eigenvalue weighted by molar-refractivity contribution is -0.130. The van der Waals surface area contributed by atoms with Crippen LogP contribution in [0.5, 0.6) is 0 Å². The van der Waals surface area contributed by atoms with Crippen molar-refractivity contribution in [2.45, 2.75) is 108 Å². The van der Waals surface area contributed by atoms with Crippen molar-refractivity contribution in [2.75, 3.05) is 13.1 Å². The number of nitrogens with one attached hydrogen (secondary N) is 3. The van der Waals surface area contributed by atoms with Gasteiger partial charge in [-0.2, -0.15) is 15.3 Å². The Morgan fingerprint density at radius 1 is 0.721 bits per heavy atom. The minimum absolute atomic E-state index is 0.00426. The van der Waals surface area contributed by atoms with Gasteiger partial charge in [0.1, 0.15) is 17.1 Å². The molecule has 0 rings (SSSR count). The van der Waals surface area contributed by atoms with Crippen molar-refractivity contribution in [1.29, 1.82) is 0 Å². The molecule has 6 N–H and O–H groups in total. The molecule has 0 bridgehead atoms. The van der Waals surface area contributed by atoms with Crippen LogP contribution in [0.3, 0.4) is 0 Å². The van der Waals surface area contributed by atoms with Crippen LogP contribution >= 0.6 is 0 Å². The van der Waals surface area contributed by atoms with Gasteiger partial charge in [0, 0.05) is 25.6 Å². The second kappa shape index (κ2) is 28.2. The topological polar surface area (TPSA) is 185 Å². The van der Waals surface area contributed by atoms with E-state index in [-0.39, 0.29) is 17.1 Å². The highest BCUT2D eigenvalue weighted by atomic mass is 16.4. The van der Waals surface area contributed by atoms with Gasteiger partial charge in [0.05, 0.1) is 0 Å². The van der Waals surface area contributed by atoms with Crippen LogP contribution < -0.4 is 16.3 Å². The van der Waals surface area contributed by atoms with Gasteiger partial charge in [-0.05, 0) is 84.5 Å². The van der Waals surface area contributed by atoms with Gasteiger partial charge in [0.2, 0.25) is 0 Å². The number of allylic oxidation sites excluding steroid dienone is 2. The van der Waals surface area contributed by atoms with E-state index >= 15 is 0 Å². The zero-order valence-electron chi connectivity index (χ0n) is 27.9. The fraction of sp³-hybridized carbons (Fsp3) is 0.677. The maximum absolute atomic E-state index is 10.5. The second-order valence-corrected chi connectivity index (χ2v) is 10.9. The first kappa shape index (κ1) is 43.6. The molecular weight excluding hydrogens is 552 g/mol. The van der Waals surface area contributed by atoms with Crippen molar-refractivity contribution in [3.8, 4) is 12.0 Å². The molecule has 12 nitrogen and oxygen atoms in total. The third-order valence-electron chi connectivity index (χ3n) is 5.55. The zero-order valence-corrected chi connectivity index (χ0v) is 27.9. The first-order valence-corrected chi connectivity index (χ1v) is 14.7. The molecule has 0 aliphatic carbocycles. The number of aliphatic carboxylic acids is 3. The Kier molecular flexibility index (Phi) is 28.6. The molecule has 0 aromatic carbocycles. The molecule has 0 aromatic heterocycles. The molecule has 0 aliphatic rings. The summed E-state index contributed by atoms with van der Waals surface area (Å²) in [4.78, 5) is 31.0. The molecule has 2 atom stereocenters. The minimum atomic E-state index is -1.05. The van der Waals surface area contributed by atoms with Crippen LogP contribution in [0.2, 0.25) is 0 Å². The Balaban J connectivity index is -0.000000571. The monoisotopic (exact) mass is 608 g/mol. The summed E-state index contributed by atoms with van der Waals surface area (Å²) in [6, 6.07) is 2.47. The summed E-state index contributed by atoms with van der Waals surface area (Å²) >= 11 is 0. The smallest absolute Gasteiger partial charge is 0.351 e. The van der Waals surface area contributed by atoms with Crippen LogP contribution in [0, 0.1) is 29.7 Å². The van der Waals surface area contributed by atoms with Crippen LogP contribution in [-0.2, 0) is 14.4 Å². The fourth-order valence-electron chi connectivity index (χ4n) is 3.08. The van der Waals surface area contributed by atoms with Gasteiger partial charge in [-0.15, -0.1) is 0 Å². The number of rotatable bonds is 17. The molecule has 0 saturated carbocycles. The van der Waals surface area contributed by atoms with Crippen molar-refractivity contribution >= 4 is 35.0 Å². The van der Waals surface area contributed by atoms with Gasteiger partial charge in [0.15, 0.2) is 0 Å². The molecule has 0 aromatic rings. The highest BCUT2D eigenvalue weighted by Crippen LogP contribution is 2.13. The van der Waals surface area contributed by atoms with Gasteiger partial charge < -0.3 is 26.2 Å². The van der Waals surface area contributed by atoms with Gasteiger partial charge in [-0.25, -0.2) is 19.8 Å². The predicted octanol–water partition coefficient (Wildman–Crippen LogP) is 5.33. The van der Waals surface area contributed by atoms with Gasteiger partial charge in [0.25, 0.3) is 0 Å². The SMILES string of the molecule is CC(=NNCCC(C)CC(C)C)C(=O)O.CC(C)=CCCC(C)CCNN=C(C)C(=O)O.CCC#CNN=C(C)C(=O)O. The van der Waals surface area contributed by atoms with E-state index in [1.165, 1.54) is 32.8 Å². The fourth-order valence-corrected chi connectivity index (χ4v) is 3.08. The van der Waals surface area contributed by atoms with E-state index in [1.54, 1.807) is 0 Å². The Morgan fingerprint density at radius 3 is 1.56 bits per heavy atom. The van der Waals surface area contributed by atoms with Crippen molar-refractivity contribution in [3.63, 3.8) is 0 Å². The lowest BCUT2D eigenvalue weighted by Crippen LogP contribution is -2.17. The van der Waals surface area contributed by atoms with E-state index in [0.717, 1.165) is 38.8 Å². The Morgan fingerprint density at radius 2 is 1.16 bits per heavy atom. The number of hydrazone groups is 3. The Hall–Kier alpha value is -3.88. The number of hydrogen-bond donors (Lipinski definition) is 6. The van der Waals surface area contributed by atoms with Crippen LogP contribution in [0.4, 0.5) is 0 Å². The quantitative estimate of drug-likeness (QED) is 0.0317. The van der Waals surface area contributed by atoms with E-state index in [0.29, 0.717) is 24.2 Å². The van der Waals surface area contributed by atoms with E-state index < -0.39 is 17.9 Å². The summed E-state index contributed by atoms with van der Waals surface area (Å²) in [5.74, 6) is 1.67. The maximum Gasteiger partial charge on any atom is 0.351 e. The predicted molar refractivity (Wildman–Crippen MR) is 175 cm³/mol. The summed E-state index contributed by atoms with van der Waals surface area (Å²) in [5.41, 5.74) is 9.44. The normalized spacial score (nSPS) is 12.6. The molecule has 246 valence electrons. The van der Waals surface area contributed by atoms with Crippen molar-refractivity contribution in [2.24, 2.45) is 33.1 Å². The molecule has 0 spiro atoms. The lowest BCUT2D eigenvalue weighted by Gasteiger charge is -2.13. The lowest BCUT2D eigenvalue weighted by atomic mass is 9.96. The van der Waals surface area contributed by atoms with Crippen LogP contribution in [0.15, 0.2) is 27.0 Å². The Bertz CT molecular complexity index is 988. The van der Waals surface area contributed by atoms with Crippen LogP contribution in [-0.4, -0.2) is 63.5 Å². The minimum Gasteiger partial charge on any atom is -0.477 e. The van der Waals surface area contributed by atoms with E-state index in [1.807, 2.05) is 6.92 Å². The van der Waals surface area contributed by atoms with E-state index in [2.05, 4.69) is 91.2 Å².